The fraction of sp³-hybridized carbons (Fsp3) is 0.929. The Bertz CT molecular complexity index is 286. The van der Waals surface area contributed by atoms with Gasteiger partial charge in [-0.25, -0.2) is 0 Å². The van der Waals surface area contributed by atoms with Crippen LogP contribution in [0.1, 0.15) is 52.4 Å². The summed E-state index contributed by atoms with van der Waals surface area (Å²) in [6, 6.07) is 0. The van der Waals surface area contributed by atoms with Crippen molar-refractivity contribution in [3.8, 4) is 0 Å². The molecule has 3 heteroatoms. The topological polar surface area (TPSA) is 53.1 Å². The summed E-state index contributed by atoms with van der Waals surface area (Å²) in [6.45, 7) is 8.39. The van der Waals surface area contributed by atoms with Crippen molar-refractivity contribution < 1.29 is 0 Å². The highest BCUT2D eigenvalue weighted by Gasteiger charge is 2.45. The van der Waals surface area contributed by atoms with E-state index in [-0.39, 0.29) is 0 Å². The Labute approximate surface area is 105 Å². The van der Waals surface area contributed by atoms with E-state index in [1.165, 1.54) is 51.7 Å². The predicted molar refractivity (Wildman–Crippen MR) is 72.3 cm³/mol. The molecule has 2 rings (SSSR count). The Hall–Kier alpha value is -0.570. The predicted octanol–water partition coefficient (Wildman–Crippen LogP) is 2.60. The molecule has 2 fully saturated rings. The SMILES string of the molecule is CCC1(C)CCN(CC2(CC(=N)N)CC2)CC1. The minimum atomic E-state index is 0.373. The molecule has 1 aliphatic heterocycles. The number of rotatable bonds is 5. The second-order valence-electron chi connectivity index (χ2n) is 6.64. The van der Waals surface area contributed by atoms with Gasteiger partial charge in [-0.15, -0.1) is 0 Å². The molecule has 3 nitrogen and oxygen atoms in total. The van der Waals surface area contributed by atoms with E-state index in [4.69, 9.17) is 11.1 Å². The Kier molecular flexibility index (Phi) is 3.48. The van der Waals surface area contributed by atoms with Crippen LogP contribution in [-0.2, 0) is 0 Å². The third kappa shape index (κ3) is 3.21. The molecule has 0 unspecified atom stereocenters. The molecule has 1 saturated carbocycles. The minimum absolute atomic E-state index is 0.373. The maximum atomic E-state index is 7.46. The average Bonchev–Trinajstić information content (AvgIpc) is 3.01. The summed E-state index contributed by atoms with van der Waals surface area (Å²) in [7, 11) is 0. The lowest BCUT2D eigenvalue weighted by Crippen LogP contribution is -2.41. The first-order chi connectivity index (χ1) is 7.97. The van der Waals surface area contributed by atoms with Crippen molar-refractivity contribution in [1.29, 1.82) is 5.41 Å². The van der Waals surface area contributed by atoms with Crippen molar-refractivity contribution in [2.75, 3.05) is 19.6 Å². The van der Waals surface area contributed by atoms with Crippen LogP contribution in [0.2, 0.25) is 0 Å². The van der Waals surface area contributed by atoms with E-state index in [9.17, 15) is 0 Å². The van der Waals surface area contributed by atoms with E-state index in [0.29, 0.717) is 16.7 Å². The third-order valence-electron chi connectivity index (χ3n) is 5.00. The number of piperidine rings is 1. The highest BCUT2D eigenvalue weighted by atomic mass is 15.1. The molecule has 3 N–H and O–H groups in total. The number of nitrogens with one attached hydrogen (secondary N) is 1. The molecule has 1 saturated heterocycles. The molecule has 1 aliphatic carbocycles. The second kappa shape index (κ2) is 4.60. The smallest absolute Gasteiger partial charge is 0.0911 e. The zero-order chi connectivity index (χ0) is 12.5. The monoisotopic (exact) mass is 237 g/mol. The van der Waals surface area contributed by atoms with Gasteiger partial charge in [0, 0.05) is 13.0 Å². The van der Waals surface area contributed by atoms with Gasteiger partial charge in [0.1, 0.15) is 0 Å². The van der Waals surface area contributed by atoms with Crippen LogP contribution in [0.5, 0.6) is 0 Å². The summed E-state index contributed by atoms with van der Waals surface area (Å²) in [4.78, 5) is 2.60. The van der Waals surface area contributed by atoms with Crippen molar-refractivity contribution in [1.82, 2.24) is 4.90 Å². The second-order valence-corrected chi connectivity index (χ2v) is 6.64. The summed E-state index contributed by atoms with van der Waals surface area (Å²) in [6.07, 6.45) is 7.33. The molecule has 1 heterocycles. The van der Waals surface area contributed by atoms with Crippen LogP contribution in [0.3, 0.4) is 0 Å². The molecule has 0 aromatic heterocycles. The maximum Gasteiger partial charge on any atom is 0.0911 e. The summed E-state index contributed by atoms with van der Waals surface area (Å²) in [5.74, 6) is 0.373. The molecule has 0 atom stereocenters. The van der Waals surface area contributed by atoms with Crippen LogP contribution < -0.4 is 5.73 Å². The summed E-state index contributed by atoms with van der Waals surface area (Å²) in [5, 5.41) is 7.46. The fourth-order valence-electron chi connectivity index (χ4n) is 3.05. The number of nitrogens with two attached hydrogens (primary N) is 1. The van der Waals surface area contributed by atoms with Crippen LogP contribution in [-0.4, -0.2) is 30.4 Å². The lowest BCUT2D eigenvalue weighted by molar-refractivity contribution is 0.0980. The van der Waals surface area contributed by atoms with Crippen LogP contribution in [0.25, 0.3) is 0 Å². The molecular formula is C14H27N3. The van der Waals surface area contributed by atoms with Gasteiger partial charge in [-0.05, 0) is 49.6 Å². The molecule has 0 bridgehead atoms. The van der Waals surface area contributed by atoms with Crippen LogP contribution in [0.15, 0.2) is 0 Å². The summed E-state index contributed by atoms with van der Waals surface area (Å²) in [5.41, 5.74) is 6.51. The van der Waals surface area contributed by atoms with Gasteiger partial charge in [0.05, 0.1) is 5.84 Å². The van der Waals surface area contributed by atoms with Crippen molar-refractivity contribution in [3.05, 3.63) is 0 Å². The van der Waals surface area contributed by atoms with Gasteiger partial charge in [0.15, 0.2) is 0 Å². The summed E-state index contributed by atoms with van der Waals surface area (Å²) < 4.78 is 0. The van der Waals surface area contributed by atoms with Gasteiger partial charge < -0.3 is 10.6 Å². The molecule has 0 spiro atoms. The van der Waals surface area contributed by atoms with Crippen LogP contribution in [0.4, 0.5) is 0 Å². The summed E-state index contributed by atoms with van der Waals surface area (Å²) >= 11 is 0. The third-order valence-corrected chi connectivity index (χ3v) is 5.00. The van der Waals surface area contributed by atoms with E-state index in [1.807, 2.05) is 0 Å². The molecule has 0 radical (unpaired) electrons. The first-order valence-electron chi connectivity index (χ1n) is 7.02. The zero-order valence-electron chi connectivity index (χ0n) is 11.4. The van der Waals surface area contributed by atoms with Gasteiger partial charge in [-0.2, -0.15) is 0 Å². The van der Waals surface area contributed by atoms with E-state index in [2.05, 4.69) is 18.7 Å². The highest BCUT2D eigenvalue weighted by Crippen LogP contribution is 2.50. The van der Waals surface area contributed by atoms with Gasteiger partial charge in [-0.3, -0.25) is 5.41 Å². The molecule has 0 amide bonds. The molecule has 0 aromatic rings. The van der Waals surface area contributed by atoms with Gasteiger partial charge >= 0.3 is 0 Å². The number of likely N-dealkylation sites (tertiary alicyclic amines) is 1. The molecule has 0 aromatic carbocycles. The first kappa shape index (κ1) is 12.9. The van der Waals surface area contributed by atoms with E-state index < -0.39 is 0 Å². The lowest BCUT2D eigenvalue weighted by atomic mass is 9.78. The van der Waals surface area contributed by atoms with E-state index >= 15 is 0 Å². The molecular weight excluding hydrogens is 210 g/mol. The molecule has 98 valence electrons. The van der Waals surface area contributed by atoms with Crippen LogP contribution >= 0.6 is 0 Å². The van der Waals surface area contributed by atoms with Crippen molar-refractivity contribution in [2.24, 2.45) is 16.6 Å². The number of hydrogen-bond acceptors (Lipinski definition) is 2. The lowest BCUT2D eigenvalue weighted by Gasteiger charge is -2.40. The molecule has 2 aliphatic rings. The van der Waals surface area contributed by atoms with Crippen molar-refractivity contribution in [2.45, 2.75) is 52.4 Å². The first-order valence-corrected chi connectivity index (χ1v) is 7.02. The Balaban J connectivity index is 1.80. The van der Waals surface area contributed by atoms with Crippen molar-refractivity contribution >= 4 is 5.84 Å². The Morgan fingerprint density at radius 1 is 1.24 bits per heavy atom. The largest absolute Gasteiger partial charge is 0.388 e. The normalized spacial score (nSPS) is 26.7. The maximum absolute atomic E-state index is 7.46. The highest BCUT2D eigenvalue weighted by molar-refractivity contribution is 5.78. The minimum Gasteiger partial charge on any atom is -0.388 e. The van der Waals surface area contributed by atoms with Crippen molar-refractivity contribution in [3.63, 3.8) is 0 Å². The number of amidine groups is 1. The van der Waals surface area contributed by atoms with Gasteiger partial charge in [0.25, 0.3) is 0 Å². The fourth-order valence-corrected chi connectivity index (χ4v) is 3.05. The Morgan fingerprint density at radius 3 is 2.24 bits per heavy atom. The quantitative estimate of drug-likeness (QED) is 0.570. The van der Waals surface area contributed by atoms with Crippen LogP contribution in [0, 0.1) is 16.2 Å². The number of hydrogen-bond donors (Lipinski definition) is 2. The Morgan fingerprint density at radius 2 is 1.82 bits per heavy atom. The van der Waals surface area contributed by atoms with E-state index in [1.54, 1.807) is 0 Å². The molecule has 17 heavy (non-hydrogen) atoms. The van der Waals surface area contributed by atoms with Gasteiger partial charge in [0.2, 0.25) is 0 Å². The van der Waals surface area contributed by atoms with E-state index in [0.717, 1.165) is 6.42 Å². The average molecular weight is 237 g/mol. The van der Waals surface area contributed by atoms with Gasteiger partial charge in [-0.1, -0.05) is 20.3 Å². The standard InChI is InChI=1S/C14H27N3/c1-3-13(2)6-8-17(9-7-13)11-14(4-5-14)10-12(15)16/h3-11H2,1-2H3,(H3,15,16). The number of nitrogens with zero attached hydrogens (tertiary/aromatic N) is 1. The zero-order valence-corrected chi connectivity index (χ0v) is 11.4.